The van der Waals surface area contributed by atoms with Crippen molar-refractivity contribution in [1.29, 1.82) is 0 Å². The van der Waals surface area contributed by atoms with Gasteiger partial charge in [0.15, 0.2) is 6.10 Å². The van der Waals surface area contributed by atoms with Crippen LogP contribution < -0.4 is 10.1 Å². The van der Waals surface area contributed by atoms with Gasteiger partial charge in [0.05, 0.1) is 6.54 Å². The maximum absolute atomic E-state index is 13.1. The number of nitrogens with zero attached hydrogens (tertiary/aromatic N) is 1. The molecule has 2 aromatic rings. The molecule has 1 fully saturated rings. The predicted molar refractivity (Wildman–Crippen MR) is 135 cm³/mol. The third-order valence-electron chi connectivity index (χ3n) is 6.62. The highest BCUT2D eigenvalue weighted by molar-refractivity contribution is 5.93. The minimum atomic E-state index is -0.988. The molecule has 2 N–H and O–H groups in total. The fourth-order valence-corrected chi connectivity index (χ4v) is 4.68. The van der Waals surface area contributed by atoms with Gasteiger partial charge in [-0.2, -0.15) is 0 Å². The molecule has 1 unspecified atom stereocenters. The highest BCUT2D eigenvalue weighted by atomic mass is 16.5. The van der Waals surface area contributed by atoms with Crippen LogP contribution in [0.25, 0.3) is 0 Å². The average molecular weight is 467 g/mol. The van der Waals surface area contributed by atoms with Gasteiger partial charge in [-0.3, -0.25) is 9.69 Å². The normalized spacial score (nSPS) is 15.6. The standard InChI is InChI=1S/C28H38N2O4/c1-19-11-13-25(20(2)15-19)29-27(31)18-30(24-9-7-5-6-8-10-24)17-23-12-14-26(21(3)16-23)34-22(4)28(32)33/h11-16,22,24H,5-10,17-18H2,1-4H3,(H,29,31)(H,32,33). The van der Waals surface area contributed by atoms with E-state index in [0.717, 1.165) is 35.2 Å². The number of carbonyl (C=O) groups excluding carboxylic acids is 1. The summed E-state index contributed by atoms with van der Waals surface area (Å²) >= 11 is 0. The molecule has 184 valence electrons. The number of nitrogens with one attached hydrogen (secondary N) is 1. The number of hydrogen-bond donors (Lipinski definition) is 2. The molecule has 3 rings (SSSR count). The lowest BCUT2D eigenvalue weighted by atomic mass is 10.0. The molecule has 2 aromatic carbocycles. The van der Waals surface area contributed by atoms with Crippen molar-refractivity contribution in [1.82, 2.24) is 4.90 Å². The third-order valence-corrected chi connectivity index (χ3v) is 6.62. The van der Waals surface area contributed by atoms with Gasteiger partial charge in [-0.25, -0.2) is 4.79 Å². The summed E-state index contributed by atoms with van der Waals surface area (Å²) in [6, 6.07) is 12.3. The zero-order valence-corrected chi connectivity index (χ0v) is 20.9. The number of carboxylic acid groups (broad SMARTS) is 1. The predicted octanol–water partition coefficient (Wildman–Crippen LogP) is 5.63. The van der Waals surface area contributed by atoms with E-state index >= 15 is 0 Å². The second kappa shape index (κ2) is 12.0. The molecule has 0 aliphatic heterocycles. The molecule has 1 aliphatic rings. The zero-order valence-electron chi connectivity index (χ0n) is 20.9. The van der Waals surface area contributed by atoms with Crippen LogP contribution in [0.1, 0.15) is 67.7 Å². The summed E-state index contributed by atoms with van der Waals surface area (Å²) in [7, 11) is 0. The molecule has 6 heteroatoms. The summed E-state index contributed by atoms with van der Waals surface area (Å²) < 4.78 is 5.57. The molecule has 0 aromatic heterocycles. The molecule has 1 atom stereocenters. The first-order valence-corrected chi connectivity index (χ1v) is 12.3. The maximum atomic E-state index is 13.1. The smallest absolute Gasteiger partial charge is 0.344 e. The molecule has 0 spiro atoms. The number of carbonyl (C=O) groups is 2. The lowest BCUT2D eigenvalue weighted by molar-refractivity contribution is -0.144. The van der Waals surface area contributed by atoms with Crippen molar-refractivity contribution in [3.63, 3.8) is 0 Å². The first-order valence-electron chi connectivity index (χ1n) is 12.3. The number of aliphatic carboxylic acids is 1. The van der Waals surface area contributed by atoms with Crippen LogP contribution in [0.15, 0.2) is 36.4 Å². The maximum Gasteiger partial charge on any atom is 0.344 e. The van der Waals surface area contributed by atoms with E-state index in [1.807, 2.05) is 51.1 Å². The van der Waals surface area contributed by atoms with Crippen LogP contribution in [-0.2, 0) is 16.1 Å². The molecular weight excluding hydrogens is 428 g/mol. The average Bonchev–Trinajstić information content (AvgIpc) is 3.06. The van der Waals surface area contributed by atoms with E-state index in [2.05, 4.69) is 16.3 Å². The SMILES string of the molecule is Cc1ccc(NC(=O)CN(Cc2ccc(OC(C)C(=O)O)c(C)c2)C2CCCCCC2)c(C)c1. The monoisotopic (exact) mass is 466 g/mol. The van der Waals surface area contributed by atoms with Gasteiger partial charge < -0.3 is 15.2 Å². The number of rotatable bonds is 9. The van der Waals surface area contributed by atoms with Crippen LogP contribution in [0.3, 0.4) is 0 Å². The molecule has 6 nitrogen and oxygen atoms in total. The molecule has 1 amide bonds. The summed E-state index contributed by atoms with van der Waals surface area (Å²) in [6.07, 6.45) is 6.21. The van der Waals surface area contributed by atoms with Crippen molar-refractivity contribution in [2.75, 3.05) is 11.9 Å². The number of amides is 1. The molecule has 1 saturated carbocycles. The second-order valence-corrected chi connectivity index (χ2v) is 9.62. The number of ether oxygens (including phenoxy) is 1. The molecule has 34 heavy (non-hydrogen) atoms. The Kier molecular flexibility index (Phi) is 9.11. The Morgan fingerprint density at radius 3 is 2.35 bits per heavy atom. The molecular formula is C28H38N2O4. The molecule has 0 heterocycles. The molecule has 0 bridgehead atoms. The van der Waals surface area contributed by atoms with Crippen molar-refractivity contribution in [3.05, 3.63) is 58.7 Å². The quantitative estimate of drug-likeness (QED) is 0.469. The topological polar surface area (TPSA) is 78.9 Å². The van der Waals surface area contributed by atoms with E-state index in [1.165, 1.54) is 38.2 Å². The Balaban J connectivity index is 1.74. The Hall–Kier alpha value is -2.86. The fraction of sp³-hybridized carbons (Fsp3) is 0.500. The number of anilines is 1. The van der Waals surface area contributed by atoms with Gasteiger partial charge in [0.2, 0.25) is 5.91 Å². The van der Waals surface area contributed by atoms with E-state index in [-0.39, 0.29) is 5.91 Å². The first kappa shape index (κ1) is 25.8. The van der Waals surface area contributed by atoms with Crippen molar-refractivity contribution in [2.24, 2.45) is 0 Å². The summed E-state index contributed by atoms with van der Waals surface area (Å²) in [6.45, 7) is 8.52. The summed E-state index contributed by atoms with van der Waals surface area (Å²) in [5, 5.41) is 12.2. The lowest BCUT2D eigenvalue weighted by Crippen LogP contribution is -2.40. The number of aryl methyl sites for hydroxylation is 3. The number of carboxylic acids is 1. The van der Waals surface area contributed by atoms with Crippen LogP contribution in [0.4, 0.5) is 5.69 Å². The third kappa shape index (κ3) is 7.32. The lowest BCUT2D eigenvalue weighted by Gasteiger charge is -2.31. The molecule has 1 aliphatic carbocycles. The Morgan fingerprint density at radius 2 is 1.74 bits per heavy atom. The van der Waals surface area contributed by atoms with E-state index in [9.17, 15) is 9.59 Å². The van der Waals surface area contributed by atoms with Crippen LogP contribution in [0.5, 0.6) is 5.75 Å². The fourth-order valence-electron chi connectivity index (χ4n) is 4.68. The van der Waals surface area contributed by atoms with Gasteiger partial charge >= 0.3 is 5.97 Å². The van der Waals surface area contributed by atoms with E-state index in [4.69, 9.17) is 9.84 Å². The van der Waals surface area contributed by atoms with Crippen LogP contribution in [0, 0.1) is 20.8 Å². The summed E-state index contributed by atoms with van der Waals surface area (Å²) in [4.78, 5) is 26.5. The van der Waals surface area contributed by atoms with Gasteiger partial charge in [-0.1, -0.05) is 55.5 Å². The first-order chi connectivity index (χ1) is 16.2. The van der Waals surface area contributed by atoms with Crippen LogP contribution >= 0.6 is 0 Å². The minimum Gasteiger partial charge on any atom is -0.479 e. The molecule has 0 saturated heterocycles. The van der Waals surface area contributed by atoms with Crippen molar-refractivity contribution >= 4 is 17.6 Å². The minimum absolute atomic E-state index is 0.00292. The van der Waals surface area contributed by atoms with Gasteiger partial charge in [-0.15, -0.1) is 0 Å². The van der Waals surface area contributed by atoms with Crippen molar-refractivity contribution < 1.29 is 19.4 Å². The Bertz CT molecular complexity index is 996. The van der Waals surface area contributed by atoms with Crippen molar-refractivity contribution in [2.45, 2.75) is 84.9 Å². The van der Waals surface area contributed by atoms with Crippen molar-refractivity contribution in [3.8, 4) is 5.75 Å². The highest BCUT2D eigenvalue weighted by Gasteiger charge is 2.23. The van der Waals surface area contributed by atoms with E-state index in [0.29, 0.717) is 24.9 Å². The number of benzene rings is 2. The van der Waals surface area contributed by atoms with Gasteiger partial charge in [0, 0.05) is 18.3 Å². The summed E-state index contributed by atoms with van der Waals surface area (Å²) in [5.41, 5.74) is 5.09. The van der Waals surface area contributed by atoms with E-state index in [1.54, 1.807) is 0 Å². The van der Waals surface area contributed by atoms with E-state index < -0.39 is 12.1 Å². The Labute approximate surface area is 203 Å². The van der Waals surface area contributed by atoms with Gasteiger partial charge in [-0.05, 0) is 69.4 Å². The van der Waals surface area contributed by atoms with Crippen LogP contribution in [0.2, 0.25) is 0 Å². The van der Waals surface area contributed by atoms with Gasteiger partial charge in [0.25, 0.3) is 0 Å². The van der Waals surface area contributed by atoms with Crippen LogP contribution in [-0.4, -0.2) is 40.6 Å². The largest absolute Gasteiger partial charge is 0.479 e. The second-order valence-electron chi connectivity index (χ2n) is 9.62. The molecule has 0 radical (unpaired) electrons. The van der Waals surface area contributed by atoms with Gasteiger partial charge in [0.1, 0.15) is 5.75 Å². The highest BCUT2D eigenvalue weighted by Crippen LogP contribution is 2.26. The zero-order chi connectivity index (χ0) is 24.7. The Morgan fingerprint density at radius 1 is 1.03 bits per heavy atom. The number of hydrogen-bond acceptors (Lipinski definition) is 4. The summed E-state index contributed by atoms with van der Waals surface area (Å²) in [5.74, 6) is -0.409.